The van der Waals surface area contributed by atoms with Crippen molar-refractivity contribution >= 4 is 22.7 Å². The van der Waals surface area contributed by atoms with Gasteiger partial charge in [0.25, 0.3) is 0 Å². The van der Waals surface area contributed by atoms with Crippen molar-refractivity contribution < 1.29 is 9.53 Å². The Morgan fingerprint density at radius 3 is 2.46 bits per heavy atom. The Balaban J connectivity index is 1.56. The highest BCUT2D eigenvalue weighted by Crippen LogP contribution is 2.29. The summed E-state index contributed by atoms with van der Waals surface area (Å²) in [7, 11) is 0. The van der Waals surface area contributed by atoms with E-state index in [0.717, 1.165) is 42.3 Å². The molecule has 0 aliphatic heterocycles. The lowest BCUT2D eigenvalue weighted by atomic mass is 10.1. The molecule has 2 heterocycles. The summed E-state index contributed by atoms with van der Waals surface area (Å²) in [5.74, 6) is -0.0604. The molecule has 3 rings (SSSR count). The SMILES string of the molecule is [C-]#[N+]c1nn(C(C)C)c2ccc(-n3cc(C(=O)OC/C=C(\C)CC/C=C(\C)CCC=C(C)C)cn3)cc12. The highest BCUT2D eigenvalue weighted by molar-refractivity contribution is 5.92. The van der Waals surface area contributed by atoms with Gasteiger partial charge in [0.1, 0.15) is 6.61 Å². The molecule has 1 aromatic carbocycles. The standard InChI is InChI=1S/C30H37N5O2/c1-21(2)10-8-11-23(5)12-9-13-24(6)16-17-37-30(36)25-19-32-34(20-25)26-14-15-28-27(18-26)29(31-7)33-35(28)22(3)4/h10,12,14-16,18-20,22H,8-9,11,13,17H2,1-6H3/b23-12+,24-16+. The molecule has 7 nitrogen and oxygen atoms in total. The predicted molar refractivity (Wildman–Crippen MR) is 149 cm³/mol. The van der Waals surface area contributed by atoms with Crippen molar-refractivity contribution in [1.82, 2.24) is 19.6 Å². The van der Waals surface area contributed by atoms with Crippen molar-refractivity contribution in [2.45, 2.75) is 73.3 Å². The smallest absolute Gasteiger partial charge is 0.341 e. The van der Waals surface area contributed by atoms with Gasteiger partial charge in [0.05, 0.1) is 29.0 Å². The van der Waals surface area contributed by atoms with Crippen LogP contribution in [0.15, 0.2) is 65.5 Å². The zero-order chi connectivity index (χ0) is 26.9. The molecule has 194 valence electrons. The van der Waals surface area contributed by atoms with Crippen LogP contribution in [-0.4, -0.2) is 32.1 Å². The van der Waals surface area contributed by atoms with Crippen LogP contribution < -0.4 is 0 Å². The Labute approximate surface area is 219 Å². The van der Waals surface area contributed by atoms with Gasteiger partial charge in [-0.05, 0) is 96.6 Å². The lowest BCUT2D eigenvalue weighted by molar-refractivity contribution is 0.0549. The second-order valence-corrected chi connectivity index (χ2v) is 9.91. The normalized spacial score (nSPS) is 12.2. The summed E-state index contributed by atoms with van der Waals surface area (Å²) in [6.07, 6.45) is 13.8. The molecule has 0 unspecified atom stereocenters. The Morgan fingerprint density at radius 1 is 1.08 bits per heavy atom. The number of carbonyl (C=O) groups excluding carboxylic acids is 1. The number of rotatable bonds is 11. The summed E-state index contributed by atoms with van der Waals surface area (Å²) < 4.78 is 8.90. The van der Waals surface area contributed by atoms with Gasteiger partial charge in [-0.1, -0.05) is 35.4 Å². The molecule has 0 spiro atoms. The van der Waals surface area contributed by atoms with E-state index in [9.17, 15) is 4.79 Å². The van der Waals surface area contributed by atoms with Crippen LogP contribution in [0.5, 0.6) is 0 Å². The summed E-state index contributed by atoms with van der Waals surface area (Å²) in [5.41, 5.74) is 5.99. The first-order valence-corrected chi connectivity index (χ1v) is 12.8. The molecule has 37 heavy (non-hydrogen) atoms. The number of hydrogen-bond donors (Lipinski definition) is 0. The van der Waals surface area contributed by atoms with E-state index in [1.54, 1.807) is 10.9 Å². The van der Waals surface area contributed by atoms with Crippen molar-refractivity contribution in [3.05, 3.63) is 82.5 Å². The van der Waals surface area contributed by atoms with E-state index in [4.69, 9.17) is 11.3 Å². The van der Waals surface area contributed by atoms with Crippen molar-refractivity contribution in [2.24, 2.45) is 0 Å². The van der Waals surface area contributed by atoms with Crippen LogP contribution in [-0.2, 0) is 4.74 Å². The minimum Gasteiger partial charge on any atom is -0.458 e. The van der Waals surface area contributed by atoms with E-state index >= 15 is 0 Å². The highest BCUT2D eigenvalue weighted by Gasteiger charge is 2.17. The molecule has 0 saturated heterocycles. The van der Waals surface area contributed by atoms with Gasteiger partial charge in [-0.2, -0.15) is 9.78 Å². The van der Waals surface area contributed by atoms with E-state index in [2.05, 4.69) is 54.9 Å². The number of fused-ring (bicyclic) bond motifs is 1. The molecule has 7 heteroatoms. The van der Waals surface area contributed by atoms with E-state index < -0.39 is 5.97 Å². The first kappa shape index (κ1) is 27.7. The van der Waals surface area contributed by atoms with Gasteiger partial charge in [-0.25, -0.2) is 9.48 Å². The zero-order valence-electron chi connectivity index (χ0n) is 22.8. The average Bonchev–Trinajstić information content (AvgIpc) is 3.48. The number of hydrogen-bond acceptors (Lipinski definition) is 4. The number of carbonyl (C=O) groups is 1. The first-order chi connectivity index (χ1) is 17.7. The Bertz CT molecular complexity index is 1370. The summed E-state index contributed by atoms with van der Waals surface area (Å²) in [5, 5.41) is 9.51. The van der Waals surface area contributed by atoms with Gasteiger partial charge < -0.3 is 9.58 Å². The maximum atomic E-state index is 12.5. The fourth-order valence-corrected chi connectivity index (χ4v) is 3.98. The summed E-state index contributed by atoms with van der Waals surface area (Å²) in [6.45, 7) is 20.2. The van der Waals surface area contributed by atoms with Crippen LogP contribution in [0.4, 0.5) is 5.82 Å². The van der Waals surface area contributed by atoms with Crippen molar-refractivity contribution in [3.8, 4) is 5.69 Å². The Hall–Kier alpha value is -3.92. The molecule has 0 atom stereocenters. The molecule has 2 aromatic heterocycles. The maximum Gasteiger partial charge on any atom is 0.341 e. The van der Waals surface area contributed by atoms with Crippen molar-refractivity contribution in [2.75, 3.05) is 6.61 Å². The monoisotopic (exact) mass is 499 g/mol. The first-order valence-electron chi connectivity index (χ1n) is 12.8. The van der Waals surface area contributed by atoms with E-state index in [1.165, 1.54) is 22.9 Å². The van der Waals surface area contributed by atoms with Gasteiger partial charge in [0, 0.05) is 11.6 Å². The summed E-state index contributed by atoms with van der Waals surface area (Å²) in [4.78, 5) is 16.1. The molecule has 0 radical (unpaired) electrons. The van der Waals surface area contributed by atoms with Crippen LogP contribution in [0.1, 0.15) is 83.6 Å². The second-order valence-electron chi connectivity index (χ2n) is 9.91. The number of nitrogens with zero attached hydrogens (tertiary/aromatic N) is 5. The average molecular weight is 500 g/mol. The van der Waals surface area contributed by atoms with Crippen LogP contribution >= 0.6 is 0 Å². The molecule has 0 fully saturated rings. The summed E-state index contributed by atoms with van der Waals surface area (Å²) >= 11 is 0. The van der Waals surface area contributed by atoms with E-state index in [1.807, 2.05) is 42.8 Å². The number of esters is 1. The third-order valence-electron chi connectivity index (χ3n) is 6.12. The molecule has 0 aliphatic rings. The topological polar surface area (TPSA) is 66.3 Å². The number of aromatic nitrogens is 4. The zero-order valence-corrected chi connectivity index (χ0v) is 22.8. The maximum absolute atomic E-state index is 12.5. The van der Waals surface area contributed by atoms with Crippen molar-refractivity contribution in [3.63, 3.8) is 0 Å². The third kappa shape index (κ3) is 7.53. The predicted octanol–water partition coefficient (Wildman–Crippen LogP) is 7.93. The second kappa shape index (κ2) is 12.9. The molecule has 0 saturated carbocycles. The van der Waals surface area contributed by atoms with Crippen LogP contribution in [0.3, 0.4) is 0 Å². The van der Waals surface area contributed by atoms with Gasteiger partial charge in [-0.3, -0.25) is 0 Å². The van der Waals surface area contributed by atoms with E-state index in [0.29, 0.717) is 11.4 Å². The number of benzene rings is 1. The Kier molecular flexibility index (Phi) is 9.62. The molecular formula is C30H37N5O2. The fourth-order valence-electron chi connectivity index (χ4n) is 3.98. The van der Waals surface area contributed by atoms with Gasteiger partial charge in [-0.15, -0.1) is 0 Å². The number of ether oxygens (including phenoxy) is 1. The number of allylic oxidation sites excluding steroid dienone is 5. The highest BCUT2D eigenvalue weighted by atomic mass is 16.5. The lowest BCUT2D eigenvalue weighted by Gasteiger charge is -2.05. The van der Waals surface area contributed by atoms with Crippen LogP contribution in [0.2, 0.25) is 0 Å². The van der Waals surface area contributed by atoms with Crippen molar-refractivity contribution in [1.29, 1.82) is 0 Å². The molecule has 0 bridgehead atoms. The molecule has 3 aromatic rings. The van der Waals surface area contributed by atoms with Gasteiger partial charge in [0.2, 0.25) is 0 Å². The quantitative estimate of drug-likeness (QED) is 0.153. The minimum absolute atomic E-state index is 0.144. The minimum atomic E-state index is -0.416. The molecule has 0 aliphatic carbocycles. The van der Waals surface area contributed by atoms with Gasteiger partial charge in [0.15, 0.2) is 0 Å². The molecule has 0 N–H and O–H groups in total. The van der Waals surface area contributed by atoms with E-state index in [-0.39, 0.29) is 12.6 Å². The third-order valence-corrected chi connectivity index (χ3v) is 6.12. The molecule has 0 amide bonds. The van der Waals surface area contributed by atoms with Crippen LogP contribution in [0, 0.1) is 6.57 Å². The van der Waals surface area contributed by atoms with Gasteiger partial charge >= 0.3 is 11.8 Å². The summed E-state index contributed by atoms with van der Waals surface area (Å²) in [6, 6.07) is 5.86. The van der Waals surface area contributed by atoms with Crippen LogP contribution in [0.25, 0.3) is 21.4 Å². The lowest BCUT2D eigenvalue weighted by Crippen LogP contribution is -2.04. The fraction of sp³-hybridized carbons (Fsp3) is 0.400. The molecular weight excluding hydrogens is 462 g/mol. The Morgan fingerprint density at radius 2 is 1.78 bits per heavy atom. The largest absolute Gasteiger partial charge is 0.458 e.